The van der Waals surface area contributed by atoms with Crippen LogP contribution in [0.5, 0.6) is 0 Å². The Bertz CT molecular complexity index is 1500. The van der Waals surface area contributed by atoms with Crippen molar-refractivity contribution in [2.45, 2.75) is 73.1 Å². The summed E-state index contributed by atoms with van der Waals surface area (Å²) < 4.78 is 136. The number of hydrogen-bond acceptors (Lipinski definition) is 4. The van der Waals surface area contributed by atoms with Crippen molar-refractivity contribution in [3.05, 3.63) is 65.0 Å². The Morgan fingerprint density at radius 1 is 0.909 bits per heavy atom. The lowest BCUT2D eigenvalue weighted by Gasteiger charge is -2.33. The van der Waals surface area contributed by atoms with Gasteiger partial charge in [0.2, 0.25) is 5.91 Å². The minimum absolute atomic E-state index is 0.0373. The number of amides is 1. The summed E-state index contributed by atoms with van der Waals surface area (Å²) in [7, 11) is -4.60. The second-order valence-electron chi connectivity index (χ2n) is 11.2. The van der Waals surface area contributed by atoms with Crippen LogP contribution >= 0.6 is 0 Å². The number of alkyl halides is 7. The smallest absolute Gasteiger partial charge is 0.435 e. The number of carboxylic acid groups (broad SMARTS) is 1. The predicted octanol–water partition coefficient (Wildman–Crippen LogP) is 6.47. The molecule has 2 fully saturated rings. The van der Waals surface area contributed by atoms with Crippen LogP contribution in [-0.4, -0.2) is 55.7 Å². The molecule has 1 N–H and O–H groups in total. The van der Waals surface area contributed by atoms with Crippen molar-refractivity contribution in [2.75, 3.05) is 13.1 Å². The van der Waals surface area contributed by atoms with E-state index in [1.54, 1.807) is 6.92 Å². The average Bonchev–Trinajstić information content (AvgIpc) is 3.43. The van der Waals surface area contributed by atoms with Crippen molar-refractivity contribution in [3.63, 3.8) is 0 Å². The number of rotatable bonds is 7. The Morgan fingerprint density at radius 2 is 1.45 bits per heavy atom. The number of hydrogen-bond donors (Lipinski definition) is 1. The number of aryl methyl sites for hydroxylation is 1. The predicted molar refractivity (Wildman–Crippen MR) is 140 cm³/mol. The van der Waals surface area contributed by atoms with E-state index >= 15 is 0 Å². The highest BCUT2D eigenvalue weighted by Crippen LogP contribution is 2.54. The van der Waals surface area contributed by atoms with Crippen molar-refractivity contribution in [2.24, 2.45) is 11.8 Å². The highest BCUT2D eigenvalue weighted by atomic mass is 32.2. The van der Waals surface area contributed by atoms with Crippen LogP contribution in [0.25, 0.3) is 0 Å². The SMILES string of the molecule is CCc1cc(S(=O)(=O)[C@@]2(c3ccc(C(F)(C(F)(F)F)C(F)(F)F)cc3)CCN(C(=O)[C@H]3CC[C@H](C(=O)O)CC3)C2)ccc1F. The molecule has 1 amide bonds. The van der Waals surface area contributed by atoms with Gasteiger partial charge < -0.3 is 10.0 Å². The fourth-order valence-electron chi connectivity index (χ4n) is 6.13. The van der Waals surface area contributed by atoms with Crippen molar-refractivity contribution < 1.29 is 58.2 Å². The summed E-state index contributed by atoms with van der Waals surface area (Å²) in [6.07, 6.45) is -12.1. The molecule has 2 aliphatic rings. The molecule has 0 spiro atoms. The zero-order valence-electron chi connectivity index (χ0n) is 23.3. The number of likely N-dealkylation sites (tertiary alicyclic amines) is 1. The van der Waals surface area contributed by atoms with E-state index in [0.717, 1.165) is 18.2 Å². The molecule has 242 valence electrons. The third-order valence-corrected chi connectivity index (χ3v) is 11.3. The minimum atomic E-state index is -6.38. The summed E-state index contributed by atoms with van der Waals surface area (Å²) in [5.41, 5.74) is -7.77. The quantitative estimate of drug-likeness (QED) is 0.273. The van der Waals surface area contributed by atoms with Crippen LogP contribution in [0.2, 0.25) is 0 Å². The number of carbonyl (C=O) groups is 2. The van der Waals surface area contributed by atoms with Gasteiger partial charge in [0.15, 0.2) is 9.84 Å². The summed E-state index contributed by atoms with van der Waals surface area (Å²) in [4.78, 5) is 25.6. The van der Waals surface area contributed by atoms with Gasteiger partial charge in [-0.05, 0) is 67.9 Å². The molecule has 1 aliphatic carbocycles. The van der Waals surface area contributed by atoms with E-state index in [4.69, 9.17) is 0 Å². The fraction of sp³-hybridized carbons (Fsp3) is 0.517. The molecule has 0 unspecified atom stereocenters. The standard InChI is InChI=1S/C29H29F8NO5S/c1-2-17-15-22(11-12-23(17)30)44(42,43)26(13-14-38(16-26)24(39)18-3-5-19(6-4-18)25(40)41)20-7-9-21(10-8-20)27(31,28(32,33)34)29(35,36)37/h7-12,15,18-19H,2-6,13-14,16H2,1H3,(H,40,41)/t18-,19-,26-/m0/s1. The number of benzene rings is 2. The van der Waals surface area contributed by atoms with Crippen molar-refractivity contribution in [3.8, 4) is 0 Å². The van der Waals surface area contributed by atoms with E-state index in [9.17, 15) is 58.2 Å². The molecule has 6 nitrogen and oxygen atoms in total. The van der Waals surface area contributed by atoms with Gasteiger partial charge in [-0.15, -0.1) is 0 Å². The summed E-state index contributed by atoms with van der Waals surface area (Å²) >= 11 is 0. The molecule has 15 heteroatoms. The summed E-state index contributed by atoms with van der Waals surface area (Å²) in [5.74, 6) is -3.39. The number of aliphatic carboxylic acids is 1. The molecule has 0 aromatic heterocycles. The fourth-order valence-corrected chi connectivity index (χ4v) is 8.26. The van der Waals surface area contributed by atoms with E-state index in [1.165, 1.54) is 4.90 Å². The van der Waals surface area contributed by atoms with E-state index < -0.39 is 74.2 Å². The van der Waals surface area contributed by atoms with Crippen LogP contribution in [0.15, 0.2) is 47.4 Å². The minimum Gasteiger partial charge on any atom is -0.481 e. The van der Waals surface area contributed by atoms with Crippen LogP contribution in [0.4, 0.5) is 35.1 Å². The Kier molecular flexibility index (Phi) is 8.88. The lowest BCUT2D eigenvalue weighted by Crippen LogP contribution is -2.50. The van der Waals surface area contributed by atoms with E-state index in [0.29, 0.717) is 12.1 Å². The first-order valence-electron chi connectivity index (χ1n) is 13.8. The molecule has 0 radical (unpaired) electrons. The number of sulfone groups is 1. The molecular weight excluding hydrogens is 626 g/mol. The second kappa shape index (κ2) is 11.6. The maximum atomic E-state index is 14.7. The van der Waals surface area contributed by atoms with Gasteiger partial charge in [-0.2, -0.15) is 26.3 Å². The first-order chi connectivity index (χ1) is 20.3. The third-order valence-electron chi connectivity index (χ3n) is 8.78. The first-order valence-corrected chi connectivity index (χ1v) is 15.3. The summed E-state index contributed by atoms with van der Waals surface area (Å²) in [6, 6.07) is 4.80. The monoisotopic (exact) mass is 655 g/mol. The molecule has 1 saturated heterocycles. The number of halogens is 8. The zero-order chi connectivity index (χ0) is 32.9. The van der Waals surface area contributed by atoms with Gasteiger partial charge in [0.05, 0.1) is 10.8 Å². The number of nitrogens with zero attached hydrogens (tertiary/aromatic N) is 1. The topological polar surface area (TPSA) is 91.8 Å². The van der Waals surface area contributed by atoms with E-state index in [-0.39, 0.29) is 73.2 Å². The lowest BCUT2D eigenvalue weighted by molar-refractivity contribution is -0.348. The van der Waals surface area contributed by atoms with E-state index in [1.807, 2.05) is 0 Å². The van der Waals surface area contributed by atoms with Crippen LogP contribution in [0, 0.1) is 17.7 Å². The Hall–Kier alpha value is -3.23. The van der Waals surface area contributed by atoms with Crippen molar-refractivity contribution in [1.29, 1.82) is 0 Å². The molecule has 2 aromatic rings. The second-order valence-corrected chi connectivity index (χ2v) is 13.5. The van der Waals surface area contributed by atoms with Gasteiger partial charge >= 0.3 is 24.0 Å². The molecule has 4 rings (SSSR count). The summed E-state index contributed by atoms with van der Waals surface area (Å²) in [5, 5.41) is 9.25. The Labute approximate surface area is 248 Å². The molecule has 2 aromatic carbocycles. The molecular formula is C29H29F8NO5S. The van der Waals surface area contributed by atoms with E-state index in [2.05, 4.69) is 0 Å². The van der Waals surface area contributed by atoms with Gasteiger partial charge in [-0.3, -0.25) is 9.59 Å². The van der Waals surface area contributed by atoms with Gasteiger partial charge in [-0.1, -0.05) is 31.2 Å². The van der Waals surface area contributed by atoms with Crippen LogP contribution < -0.4 is 0 Å². The van der Waals surface area contributed by atoms with Crippen LogP contribution in [0.1, 0.15) is 55.7 Å². The van der Waals surface area contributed by atoms with Crippen LogP contribution in [0.3, 0.4) is 0 Å². The number of carbonyl (C=O) groups excluding carboxylic acids is 1. The largest absolute Gasteiger partial charge is 0.481 e. The third kappa shape index (κ3) is 5.56. The van der Waals surface area contributed by atoms with Crippen molar-refractivity contribution >= 4 is 21.7 Å². The highest BCUT2D eigenvalue weighted by molar-refractivity contribution is 7.92. The van der Waals surface area contributed by atoms with Gasteiger partial charge in [0.1, 0.15) is 10.6 Å². The molecule has 0 bridgehead atoms. The normalized spacial score (nSPS) is 23.5. The Morgan fingerprint density at radius 3 is 1.95 bits per heavy atom. The van der Waals surface area contributed by atoms with Gasteiger partial charge in [0, 0.05) is 24.6 Å². The molecule has 1 atom stereocenters. The zero-order valence-corrected chi connectivity index (χ0v) is 24.1. The maximum absolute atomic E-state index is 14.7. The molecule has 1 heterocycles. The Balaban J connectivity index is 1.78. The lowest BCUT2D eigenvalue weighted by atomic mass is 9.81. The van der Waals surface area contributed by atoms with Crippen LogP contribution in [-0.2, 0) is 36.3 Å². The molecule has 1 saturated carbocycles. The highest BCUT2D eigenvalue weighted by Gasteiger charge is 2.73. The average molecular weight is 656 g/mol. The first kappa shape index (κ1) is 33.7. The maximum Gasteiger partial charge on any atom is 0.435 e. The molecule has 44 heavy (non-hydrogen) atoms. The molecule has 1 aliphatic heterocycles. The number of carboxylic acids is 1. The summed E-state index contributed by atoms with van der Waals surface area (Å²) in [6.45, 7) is 0.881. The van der Waals surface area contributed by atoms with Gasteiger partial charge in [-0.25, -0.2) is 17.2 Å². The van der Waals surface area contributed by atoms with Gasteiger partial charge in [0.25, 0.3) is 0 Å². The van der Waals surface area contributed by atoms with Crippen molar-refractivity contribution in [1.82, 2.24) is 4.90 Å².